The minimum Gasteiger partial charge on any atom is -0.373 e. The molecule has 6 rings (SSSR count). The van der Waals surface area contributed by atoms with Crippen LogP contribution < -0.4 is 5.32 Å². The number of hydrogen-bond donors (Lipinski definition) is 1. The molecule has 33 heavy (non-hydrogen) atoms. The van der Waals surface area contributed by atoms with Crippen LogP contribution in [-0.4, -0.2) is 5.78 Å². The maximum absolute atomic E-state index is 13.6. The quantitative estimate of drug-likeness (QED) is 0.352. The zero-order valence-corrected chi connectivity index (χ0v) is 19.1. The number of ketones is 1. The van der Waals surface area contributed by atoms with Gasteiger partial charge in [-0.25, -0.2) is 0 Å². The van der Waals surface area contributed by atoms with E-state index in [0.717, 1.165) is 23.2 Å². The van der Waals surface area contributed by atoms with Crippen molar-refractivity contribution in [2.45, 2.75) is 32.7 Å². The summed E-state index contributed by atoms with van der Waals surface area (Å²) in [5.41, 5.74) is 7.98. The lowest BCUT2D eigenvalue weighted by molar-refractivity contribution is -0.118. The largest absolute Gasteiger partial charge is 0.373 e. The molecule has 2 nitrogen and oxygen atoms in total. The molecule has 162 valence electrons. The first-order valence-electron chi connectivity index (χ1n) is 11.7. The van der Waals surface area contributed by atoms with Crippen LogP contribution in [0.5, 0.6) is 0 Å². The van der Waals surface area contributed by atoms with Gasteiger partial charge in [-0.05, 0) is 50.9 Å². The zero-order chi connectivity index (χ0) is 22.6. The first-order valence-corrected chi connectivity index (χ1v) is 11.7. The molecule has 0 fully saturated rings. The smallest absolute Gasteiger partial charge is 0.162 e. The molecular weight excluding hydrogens is 402 g/mol. The Kier molecular flexibility index (Phi) is 4.51. The number of carbonyl (C=O) groups is 1. The molecule has 1 heterocycles. The molecule has 1 aliphatic heterocycles. The molecule has 0 amide bonds. The molecule has 2 aliphatic rings. The predicted molar refractivity (Wildman–Crippen MR) is 137 cm³/mol. The Labute approximate surface area is 195 Å². The van der Waals surface area contributed by atoms with E-state index in [1.165, 1.54) is 33.0 Å². The van der Waals surface area contributed by atoms with Gasteiger partial charge in [-0.15, -0.1) is 0 Å². The van der Waals surface area contributed by atoms with Gasteiger partial charge >= 0.3 is 0 Å². The highest BCUT2D eigenvalue weighted by molar-refractivity contribution is 6.12. The standard InChI is InChI=1S/C31H27NO/c1-31(2)18-25-28-24-11-7-6-10-22(24)16-17-26(28)32-30(29(25)27(33)19-31)23-14-12-21(13-15-23)20-8-4-3-5-9-20/h3-17,30,32H,18-19H2,1-2H3/t30-/m0/s1. The van der Waals surface area contributed by atoms with Gasteiger partial charge in [-0.1, -0.05) is 98.8 Å². The minimum absolute atomic E-state index is 0.0385. The van der Waals surface area contributed by atoms with Crippen LogP contribution >= 0.6 is 0 Å². The Morgan fingerprint density at radius 2 is 1.45 bits per heavy atom. The summed E-state index contributed by atoms with van der Waals surface area (Å²) < 4.78 is 0. The molecule has 0 bridgehead atoms. The van der Waals surface area contributed by atoms with E-state index in [1.807, 2.05) is 6.07 Å². The van der Waals surface area contributed by atoms with Crippen LogP contribution in [0.4, 0.5) is 5.69 Å². The molecule has 4 aromatic rings. The Bertz CT molecular complexity index is 1410. The van der Waals surface area contributed by atoms with Crippen molar-refractivity contribution in [3.05, 3.63) is 108 Å². The maximum Gasteiger partial charge on any atom is 0.162 e. The summed E-state index contributed by atoms with van der Waals surface area (Å²) in [5, 5.41) is 6.18. The van der Waals surface area contributed by atoms with Crippen LogP contribution in [0.25, 0.3) is 27.5 Å². The summed E-state index contributed by atoms with van der Waals surface area (Å²) in [4.78, 5) is 13.6. The van der Waals surface area contributed by atoms with Crippen molar-refractivity contribution in [3.63, 3.8) is 0 Å². The van der Waals surface area contributed by atoms with Gasteiger partial charge in [0.1, 0.15) is 0 Å². The first-order chi connectivity index (χ1) is 16.0. The number of hydrogen-bond acceptors (Lipinski definition) is 2. The number of carbonyl (C=O) groups excluding carboxylic acids is 1. The highest BCUT2D eigenvalue weighted by atomic mass is 16.1. The fraction of sp³-hybridized carbons (Fsp3) is 0.194. The number of benzene rings is 4. The topological polar surface area (TPSA) is 29.1 Å². The van der Waals surface area contributed by atoms with Crippen LogP contribution in [0, 0.1) is 5.41 Å². The molecule has 1 N–H and O–H groups in total. The average molecular weight is 430 g/mol. The molecule has 0 unspecified atom stereocenters. The lowest BCUT2D eigenvalue weighted by Gasteiger charge is -2.40. The third-order valence-electron chi connectivity index (χ3n) is 7.09. The van der Waals surface area contributed by atoms with Crippen LogP contribution in [0.2, 0.25) is 0 Å². The van der Waals surface area contributed by atoms with Crippen molar-refractivity contribution >= 4 is 27.8 Å². The molecule has 0 spiro atoms. The molecule has 1 aliphatic carbocycles. The summed E-state index contributed by atoms with van der Waals surface area (Å²) in [6, 6.07) is 31.8. The lowest BCUT2D eigenvalue weighted by Crippen LogP contribution is -2.33. The second kappa shape index (κ2) is 7.45. The van der Waals surface area contributed by atoms with E-state index in [1.54, 1.807) is 0 Å². The third kappa shape index (κ3) is 3.38. The molecule has 4 aromatic carbocycles. The van der Waals surface area contributed by atoms with Gasteiger partial charge in [0, 0.05) is 23.2 Å². The van der Waals surface area contributed by atoms with Crippen LogP contribution in [0.15, 0.2) is 96.6 Å². The van der Waals surface area contributed by atoms with Crippen LogP contribution in [0.3, 0.4) is 0 Å². The van der Waals surface area contributed by atoms with Crippen molar-refractivity contribution in [3.8, 4) is 11.1 Å². The monoisotopic (exact) mass is 429 g/mol. The van der Waals surface area contributed by atoms with Crippen molar-refractivity contribution in [1.29, 1.82) is 0 Å². The summed E-state index contributed by atoms with van der Waals surface area (Å²) in [5.74, 6) is 0.268. The first kappa shape index (κ1) is 20.0. The van der Waals surface area contributed by atoms with E-state index in [2.05, 4.69) is 104 Å². The SMILES string of the molecule is CC1(C)CC(=O)C2=C(C1)c1c(ccc3ccccc13)N[C@H]2c1ccc(-c2ccccc2)cc1. The fourth-order valence-electron chi connectivity index (χ4n) is 5.59. The summed E-state index contributed by atoms with van der Waals surface area (Å²) in [6.07, 6.45) is 1.50. The lowest BCUT2D eigenvalue weighted by atomic mass is 9.68. The van der Waals surface area contributed by atoms with Gasteiger partial charge in [0.25, 0.3) is 0 Å². The molecule has 0 aromatic heterocycles. The van der Waals surface area contributed by atoms with Crippen molar-refractivity contribution in [2.75, 3.05) is 5.32 Å². The van der Waals surface area contributed by atoms with E-state index in [9.17, 15) is 4.79 Å². The summed E-state index contributed by atoms with van der Waals surface area (Å²) in [7, 11) is 0. The Hall–Kier alpha value is -3.65. The van der Waals surface area contributed by atoms with Gasteiger partial charge in [-0.3, -0.25) is 4.79 Å². The number of fused-ring (bicyclic) bond motifs is 4. The molecule has 0 radical (unpaired) electrons. The second-order valence-corrected chi connectivity index (χ2v) is 10.1. The highest BCUT2D eigenvalue weighted by Gasteiger charge is 2.40. The van der Waals surface area contributed by atoms with Crippen LogP contribution in [0.1, 0.15) is 43.9 Å². The summed E-state index contributed by atoms with van der Waals surface area (Å²) >= 11 is 0. The molecule has 2 heteroatoms. The normalized spacial score (nSPS) is 19.1. The number of Topliss-reactive ketones (excluding diaryl/α,β-unsaturated/α-hetero) is 1. The van der Waals surface area contributed by atoms with Gasteiger partial charge in [0.15, 0.2) is 5.78 Å². The van der Waals surface area contributed by atoms with E-state index in [0.29, 0.717) is 6.42 Å². The molecular formula is C31H27NO. The number of allylic oxidation sites excluding steroid dienone is 1. The number of rotatable bonds is 2. The van der Waals surface area contributed by atoms with Crippen molar-refractivity contribution in [2.24, 2.45) is 5.41 Å². The average Bonchev–Trinajstić information content (AvgIpc) is 2.83. The van der Waals surface area contributed by atoms with E-state index in [4.69, 9.17) is 0 Å². The van der Waals surface area contributed by atoms with E-state index >= 15 is 0 Å². The van der Waals surface area contributed by atoms with Gasteiger partial charge in [0.2, 0.25) is 0 Å². The predicted octanol–water partition coefficient (Wildman–Crippen LogP) is 7.82. The Morgan fingerprint density at radius 3 is 2.24 bits per heavy atom. The van der Waals surface area contributed by atoms with Crippen molar-refractivity contribution < 1.29 is 4.79 Å². The summed E-state index contributed by atoms with van der Waals surface area (Å²) in [6.45, 7) is 4.43. The van der Waals surface area contributed by atoms with Gasteiger partial charge in [-0.2, -0.15) is 0 Å². The fourth-order valence-corrected chi connectivity index (χ4v) is 5.59. The Balaban J connectivity index is 1.51. The third-order valence-corrected chi connectivity index (χ3v) is 7.09. The number of nitrogens with one attached hydrogen (secondary N) is 1. The van der Waals surface area contributed by atoms with Crippen molar-refractivity contribution in [1.82, 2.24) is 0 Å². The van der Waals surface area contributed by atoms with Gasteiger partial charge < -0.3 is 5.32 Å². The van der Waals surface area contributed by atoms with Gasteiger partial charge in [0.05, 0.1) is 6.04 Å². The Morgan fingerprint density at radius 1 is 0.758 bits per heavy atom. The highest BCUT2D eigenvalue weighted by Crippen LogP contribution is 2.52. The number of anilines is 1. The maximum atomic E-state index is 13.6. The van der Waals surface area contributed by atoms with E-state index in [-0.39, 0.29) is 17.2 Å². The second-order valence-electron chi connectivity index (χ2n) is 10.1. The van der Waals surface area contributed by atoms with Crippen LogP contribution in [-0.2, 0) is 4.79 Å². The molecule has 0 saturated carbocycles. The molecule has 1 atom stereocenters. The zero-order valence-electron chi connectivity index (χ0n) is 19.1. The minimum atomic E-state index is -0.123. The molecule has 0 saturated heterocycles. The van der Waals surface area contributed by atoms with E-state index < -0.39 is 0 Å².